The van der Waals surface area contributed by atoms with Gasteiger partial charge in [-0.25, -0.2) is 14.1 Å². The van der Waals surface area contributed by atoms with Crippen LogP contribution in [0.5, 0.6) is 11.5 Å². The van der Waals surface area contributed by atoms with Gasteiger partial charge >= 0.3 is 0 Å². The fourth-order valence-corrected chi connectivity index (χ4v) is 3.59. The number of benzene rings is 2. The average molecular weight is 477 g/mol. The molecule has 0 radical (unpaired) electrons. The van der Waals surface area contributed by atoms with Gasteiger partial charge in [-0.3, -0.25) is 4.79 Å². The van der Waals surface area contributed by atoms with E-state index in [-0.39, 0.29) is 18.3 Å². The van der Waals surface area contributed by atoms with E-state index in [2.05, 4.69) is 25.9 Å². The summed E-state index contributed by atoms with van der Waals surface area (Å²) in [5.41, 5.74) is 3.44. The van der Waals surface area contributed by atoms with Crippen LogP contribution in [0.25, 0.3) is 0 Å². The van der Waals surface area contributed by atoms with Gasteiger partial charge in [-0.15, -0.1) is 5.10 Å². The number of ether oxygens (including phenoxy) is 2. The summed E-state index contributed by atoms with van der Waals surface area (Å²) < 4.78 is 25.5. The van der Waals surface area contributed by atoms with Crippen LogP contribution in [0.4, 0.5) is 15.9 Å². The lowest BCUT2D eigenvalue weighted by molar-refractivity contribution is 0.0951. The molecule has 2 aromatic carbocycles. The summed E-state index contributed by atoms with van der Waals surface area (Å²) in [6.07, 6.45) is 3.34. The molecular formula is C25H25FN6O3. The fraction of sp³-hybridized carbons (Fsp3) is 0.200. The van der Waals surface area contributed by atoms with Crippen LogP contribution in [0, 0.1) is 12.7 Å². The third-order valence-corrected chi connectivity index (χ3v) is 5.25. The first-order valence-corrected chi connectivity index (χ1v) is 10.8. The summed E-state index contributed by atoms with van der Waals surface area (Å²) >= 11 is 0. The number of nitrogens with zero attached hydrogens (tertiary/aromatic N) is 4. The Balaban J connectivity index is 1.43. The van der Waals surface area contributed by atoms with E-state index in [0.29, 0.717) is 40.8 Å². The number of halogens is 1. The molecule has 0 fully saturated rings. The number of aromatic nitrogens is 4. The van der Waals surface area contributed by atoms with Crippen LogP contribution in [-0.2, 0) is 13.1 Å². The molecule has 0 saturated heterocycles. The first-order valence-electron chi connectivity index (χ1n) is 10.8. The van der Waals surface area contributed by atoms with E-state index in [0.717, 1.165) is 11.1 Å². The van der Waals surface area contributed by atoms with Crippen LogP contribution < -0.4 is 20.1 Å². The van der Waals surface area contributed by atoms with Gasteiger partial charge in [0.05, 0.1) is 39.1 Å². The highest BCUT2D eigenvalue weighted by Gasteiger charge is 2.15. The molecule has 2 aromatic heterocycles. The van der Waals surface area contributed by atoms with E-state index < -0.39 is 0 Å². The van der Waals surface area contributed by atoms with Crippen molar-refractivity contribution in [1.29, 1.82) is 0 Å². The van der Waals surface area contributed by atoms with Gasteiger partial charge in [-0.2, -0.15) is 0 Å². The SMILES string of the molecule is COc1cc(Nc2ncccc2C(=O)NCc2cn(Cc3ccc(F)cc3)nn2)cc(C)c1OC. The molecule has 0 saturated carbocycles. The number of rotatable bonds is 9. The number of amides is 1. The van der Waals surface area contributed by atoms with Gasteiger partial charge in [-0.05, 0) is 48.4 Å². The molecule has 0 unspecified atom stereocenters. The van der Waals surface area contributed by atoms with Crippen molar-refractivity contribution >= 4 is 17.4 Å². The zero-order valence-corrected chi connectivity index (χ0v) is 19.6. The molecule has 180 valence electrons. The largest absolute Gasteiger partial charge is 0.493 e. The lowest BCUT2D eigenvalue weighted by Gasteiger charge is -2.15. The molecule has 0 aliphatic rings. The highest BCUT2D eigenvalue weighted by atomic mass is 19.1. The minimum absolute atomic E-state index is 0.187. The van der Waals surface area contributed by atoms with Crippen molar-refractivity contribution in [1.82, 2.24) is 25.3 Å². The van der Waals surface area contributed by atoms with Crippen LogP contribution in [0.15, 0.2) is 60.9 Å². The maximum atomic E-state index is 13.1. The van der Waals surface area contributed by atoms with Crippen LogP contribution in [-0.4, -0.2) is 40.1 Å². The maximum Gasteiger partial charge on any atom is 0.255 e. The second kappa shape index (κ2) is 10.6. The first-order chi connectivity index (χ1) is 17.0. The highest BCUT2D eigenvalue weighted by Crippen LogP contribution is 2.35. The second-order valence-corrected chi connectivity index (χ2v) is 7.77. The van der Waals surface area contributed by atoms with Crippen LogP contribution in [0.2, 0.25) is 0 Å². The number of aryl methyl sites for hydroxylation is 1. The molecule has 35 heavy (non-hydrogen) atoms. The van der Waals surface area contributed by atoms with E-state index in [1.165, 1.54) is 12.1 Å². The first kappa shape index (κ1) is 23.7. The topological polar surface area (TPSA) is 103 Å². The number of hydrogen-bond donors (Lipinski definition) is 2. The Bertz CT molecular complexity index is 1320. The molecule has 4 aromatic rings. The number of anilines is 2. The summed E-state index contributed by atoms with van der Waals surface area (Å²) in [4.78, 5) is 17.3. The van der Waals surface area contributed by atoms with E-state index >= 15 is 0 Å². The third-order valence-electron chi connectivity index (χ3n) is 5.25. The highest BCUT2D eigenvalue weighted by molar-refractivity contribution is 5.99. The van der Waals surface area contributed by atoms with Gasteiger partial charge in [0, 0.05) is 18.0 Å². The van der Waals surface area contributed by atoms with E-state index in [1.54, 1.807) is 61.6 Å². The van der Waals surface area contributed by atoms with Gasteiger partial charge < -0.3 is 20.1 Å². The Morgan fingerprint density at radius 3 is 2.66 bits per heavy atom. The Hall–Kier alpha value is -4.47. The fourth-order valence-electron chi connectivity index (χ4n) is 3.59. The van der Waals surface area contributed by atoms with Crippen molar-refractivity contribution in [2.75, 3.05) is 19.5 Å². The van der Waals surface area contributed by atoms with E-state index in [1.807, 2.05) is 13.0 Å². The predicted molar refractivity (Wildman–Crippen MR) is 128 cm³/mol. The molecular weight excluding hydrogens is 451 g/mol. The molecule has 2 N–H and O–H groups in total. The number of methoxy groups -OCH3 is 2. The molecule has 4 rings (SSSR count). The standard InChI is InChI=1S/C25H25FN6O3/c1-16-11-19(12-22(34-2)23(16)35-3)29-24-21(5-4-10-27-24)25(33)28-13-20-15-32(31-30-20)14-17-6-8-18(26)9-7-17/h4-12,15H,13-14H2,1-3H3,(H,27,29)(H,28,33). The molecule has 0 aliphatic carbocycles. The van der Waals surface area contributed by atoms with Crippen molar-refractivity contribution in [3.63, 3.8) is 0 Å². The summed E-state index contributed by atoms with van der Waals surface area (Å²) in [6, 6.07) is 13.2. The Morgan fingerprint density at radius 2 is 1.91 bits per heavy atom. The number of pyridine rings is 1. The number of nitrogens with one attached hydrogen (secondary N) is 2. The lowest BCUT2D eigenvalue weighted by Crippen LogP contribution is -2.24. The Morgan fingerprint density at radius 1 is 1.11 bits per heavy atom. The summed E-state index contributed by atoms with van der Waals surface area (Å²) in [6.45, 7) is 2.54. The van der Waals surface area contributed by atoms with Crippen molar-refractivity contribution in [3.8, 4) is 11.5 Å². The summed E-state index contributed by atoms with van der Waals surface area (Å²) in [5, 5.41) is 14.2. The lowest BCUT2D eigenvalue weighted by atomic mass is 10.1. The molecule has 10 heteroatoms. The molecule has 0 spiro atoms. The Labute approximate surface area is 201 Å². The molecule has 9 nitrogen and oxygen atoms in total. The van der Waals surface area contributed by atoms with Crippen molar-refractivity contribution in [2.45, 2.75) is 20.0 Å². The van der Waals surface area contributed by atoms with Gasteiger partial charge in [0.1, 0.15) is 17.3 Å². The van der Waals surface area contributed by atoms with Crippen molar-refractivity contribution < 1.29 is 18.7 Å². The van der Waals surface area contributed by atoms with Gasteiger partial charge in [0.2, 0.25) is 0 Å². The summed E-state index contributed by atoms with van der Waals surface area (Å²) in [7, 11) is 3.15. The van der Waals surface area contributed by atoms with Gasteiger partial charge in [0.25, 0.3) is 5.91 Å². The predicted octanol–water partition coefficient (Wildman–Crippen LogP) is 3.86. The maximum absolute atomic E-state index is 13.1. The normalized spacial score (nSPS) is 10.6. The van der Waals surface area contributed by atoms with Crippen LogP contribution in [0.3, 0.4) is 0 Å². The molecule has 0 bridgehead atoms. The average Bonchev–Trinajstić information content (AvgIpc) is 3.31. The number of carbonyl (C=O) groups is 1. The Kier molecular flexibility index (Phi) is 7.20. The minimum atomic E-state index is -0.314. The minimum Gasteiger partial charge on any atom is -0.493 e. The quantitative estimate of drug-likeness (QED) is 0.378. The zero-order chi connectivity index (χ0) is 24.8. The number of carbonyl (C=O) groups excluding carboxylic acids is 1. The van der Waals surface area contributed by atoms with E-state index in [4.69, 9.17) is 9.47 Å². The van der Waals surface area contributed by atoms with Crippen molar-refractivity contribution in [2.24, 2.45) is 0 Å². The van der Waals surface area contributed by atoms with Gasteiger partial charge in [-0.1, -0.05) is 17.3 Å². The van der Waals surface area contributed by atoms with Gasteiger partial charge in [0.15, 0.2) is 11.5 Å². The second-order valence-electron chi connectivity index (χ2n) is 7.77. The van der Waals surface area contributed by atoms with Crippen LogP contribution in [0.1, 0.15) is 27.2 Å². The smallest absolute Gasteiger partial charge is 0.255 e. The third kappa shape index (κ3) is 5.72. The zero-order valence-electron chi connectivity index (χ0n) is 19.6. The van der Waals surface area contributed by atoms with E-state index in [9.17, 15) is 9.18 Å². The number of hydrogen-bond acceptors (Lipinski definition) is 7. The monoisotopic (exact) mass is 476 g/mol. The summed E-state index contributed by atoms with van der Waals surface area (Å²) in [5.74, 6) is 1.01. The molecule has 2 heterocycles. The molecule has 1 amide bonds. The molecule has 0 atom stereocenters. The van der Waals surface area contributed by atoms with Crippen LogP contribution >= 0.6 is 0 Å². The van der Waals surface area contributed by atoms with Crippen molar-refractivity contribution in [3.05, 3.63) is 89.1 Å². The molecule has 0 aliphatic heterocycles.